The van der Waals surface area contributed by atoms with Gasteiger partial charge < -0.3 is 9.67 Å². The molecule has 3 rings (SSSR count). The van der Waals surface area contributed by atoms with Crippen molar-refractivity contribution in [2.45, 2.75) is 0 Å². The van der Waals surface area contributed by atoms with Gasteiger partial charge in [0.25, 0.3) is 0 Å². The number of fused-ring (bicyclic) bond motifs is 1. The number of nitrogens with zero attached hydrogens (tertiary/aromatic N) is 4. The van der Waals surface area contributed by atoms with Gasteiger partial charge in [-0.15, -0.1) is 4.91 Å². The Morgan fingerprint density at radius 3 is 2.68 bits per heavy atom. The van der Waals surface area contributed by atoms with Gasteiger partial charge in [-0.3, -0.25) is 0 Å². The van der Waals surface area contributed by atoms with Crippen molar-refractivity contribution in [3.63, 3.8) is 0 Å². The highest BCUT2D eigenvalue weighted by Crippen LogP contribution is 2.37. The number of aromatic carboxylic acids is 1. The minimum Gasteiger partial charge on any atom is -0.478 e. The monoisotopic (exact) mass is 410 g/mol. The number of anilines is 2. The second-order valence-corrected chi connectivity index (χ2v) is 6.02. The number of nitroso groups, excluding NO2 is 1. The summed E-state index contributed by atoms with van der Waals surface area (Å²) in [6.07, 6.45) is 1.29. The van der Waals surface area contributed by atoms with E-state index in [1.807, 2.05) is 0 Å². The molecule has 0 fully saturated rings. The van der Waals surface area contributed by atoms with Gasteiger partial charge in [-0.05, 0) is 24.3 Å². The first kappa shape index (κ1) is 17.0. The summed E-state index contributed by atoms with van der Waals surface area (Å²) in [7, 11) is 1.56. The lowest BCUT2D eigenvalue weighted by Crippen LogP contribution is -2.16. The maximum Gasteiger partial charge on any atom is 0.338 e. The molecule has 128 valence electrons. The van der Waals surface area contributed by atoms with E-state index in [-0.39, 0.29) is 11.0 Å². The molecule has 0 amide bonds. The van der Waals surface area contributed by atoms with Crippen LogP contribution in [0.15, 0.2) is 40.4 Å². The highest BCUT2D eigenvalue weighted by atomic mass is 79.9. The molecule has 25 heavy (non-hydrogen) atoms. The van der Waals surface area contributed by atoms with Crippen LogP contribution < -0.4 is 5.01 Å². The number of carboxylic acids is 1. The van der Waals surface area contributed by atoms with E-state index in [4.69, 9.17) is 0 Å². The Hall–Kier alpha value is -2.88. The molecule has 10 heteroatoms. The predicted octanol–water partition coefficient (Wildman–Crippen LogP) is 4.13. The van der Waals surface area contributed by atoms with Crippen LogP contribution in [0.2, 0.25) is 0 Å². The molecule has 0 saturated carbocycles. The average Bonchev–Trinajstić information content (AvgIpc) is 2.93. The first-order chi connectivity index (χ1) is 11.8. The molecule has 0 aliphatic heterocycles. The standard InChI is InChI=1S/C15H9BrF2N4O3/c1-21-6-19-13-11(21)5-8(15(23)24)14(12(13)18)22(20-25)10-3-2-7(16)4-9(10)17/h2-6H,1H3,(H,23,24). The van der Waals surface area contributed by atoms with Gasteiger partial charge in [-0.2, -0.15) is 5.01 Å². The van der Waals surface area contributed by atoms with Crippen LogP contribution in [0.25, 0.3) is 11.0 Å². The van der Waals surface area contributed by atoms with Crippen LogP contribution in [0, 0.1) is 16.5 Å². The van der Waals surface area contributed by atoms with Crippen molar-refractivity contribution in [3.05, 3.63) is 57.2 Å². The normalized spacial score (nSPS) is 10.9. The molecular formula is C15H9BrF2N4O3. The van der Waals surface area contributed by atoms with E-state index in [2.05, 4.69) is 26.2 Å². The fourth-order valence-electron chi connectivity index (χ4n) is 2.44. The van der Waals surface area contributed by atoms with Crippen LogP contribution in [0.3, 0.4) is 0 Å². The van der Waals surface area contributed by atoms with Gasteiger partial charge in [0.05, 0.1) is 22.7 Å². The lowest BCUT2D eigenvalue weighted by atomic mass is 10.1. The topological polar surface area (TPSA) is 87.8 Å². The molecule has 0 spiro atoms. The Morgan fingerprint density at radius 1 is 1.36 bits per heavy atom. The van der Waals surface area contributed by atoms with Crippen LogP contribution >= 0.6 is 15.9 Å². The molecular weight excluding hydrogens is 402 g/mol. The number of aromatic nitrogens is 2. The first-order valence-electron chi connectivity index (χ1n) is 6.80. The van der Waals surface area contributed by atoms with Crippen molar-refractivity contribution in [1.29, 1.82) is 0 Å². The second-order valence-electron chi connectivity index (χ2n) is 5.10. The number of hydrogen-bond donors (Lipinski definition) is 1. The number of carboxylic acid groups (broad SMARTS) is 1. The molecule has 1 aromatic heterocycles. The molecule has 3 aromatic rings. The van der Waals surface area contributed by atoms with Crippen LogP contribution in [0.5, 0.6) is 0 Å². The molecule has 1 N–H and O–H groups in total. The quantitative estimate of drug-likeness (QED) is 0.515. The van der Waals surface area contributed by atoms with Crippen molar-refractivity contribution in [2.75, 3.05) is 5.01 Å². The number of hydrogen-bond acceptors (Lipinski definition) is 4. The molecule has 0 radical (unpaired) electrons. The predicted molar refractivity (Wildman–Crippen MR) is 89.7 cm³/mol. The molecule has 1 heterocycles. The van der Waals surface area contributed by atoms with Gasteiger partial charge in [-0.25, -0.2) is 18.6 Å². The Morgan fingerprint density at radius 2 is 2.08 bits per heavy atom. The number of halogens is 3. The van der Waals surface area contributed by atoms with E-state index in [0.717, 1.165) is 12.1 Å². The zero-order valence-electron chi connectivity index (χ0n) is 12.6. The zero-order valence-corrected chi connectivity index (χ0v) is 14.2. The van der Waals surface area contributed by atoms with Crippen LogP contribution in [-0.2, 0) is 7.05 Å². The van der Waals surface area contributed by atoms with E-state index < -0.39 is 34.5 Å². The molecule has 0 aliphatic carbocycles. The van der Waals surface area contributed by atoms with E-state index in [9.17, 15) is 23.6 Å². The minimum atomic E-state index is -1.50. The molecule has 0 atom stereocenters. The molecule has 0 bridgehead atoms. The maximum absolute atomic E-state index is 14.9. The summed E-state index contributed by atoms with van der Waals surface area (Å²) >= 11 is 3.06. The fourth-order valence-corrected chi connectivity index (χ4v) is 2.78. The molecule has 2 aromatic carbocycles. The molecule has 7 nitrogen and oxygen atoms in total. The molecule has 0 unspecified atom stereocenters. The SMILES string of the molecule is Cn1cnc2c(F)c(N(N=O)c3ccc(Br)cc3F)c(C(=O)O)cc21. The van der Waals surface area contributed by atoms with E-state index in [0.29, 0.717) is 9.48 Å². The number of imidazole rings is 1. The van der Waals surface area contributed by atoms with Gasteiger partial charge in [0.1, 0.15) is 22.7 Å². The van der Waals surface area contributed by atoms with E-state index >= 15 is 0 Å². The maximum atomic E-state index is 14.9. The van der Waals surface area contributed by atoms with E-state index in [1.165, 1.54) is 23.0 Å². The highest BCUT2D eigenvalue weighted by molar-refractivity contribution is 9.10. The summed E-state index contributed by atoms with van der Waals surface area (Å²) in [4.78, 5) is 26.7. The lowest BCUT2D eigenvalue weighted by Gasteiger charge is -2.19. The van der Waals surface area contributed by atoms with E-state index in [1.54, 1.807) is 7.05 Å². The number of benzene rings is 2. The lowest BCUT2D eigenvalue weighted by molar-refractivity contribution is 0.0697. The molecule has 0 saturated heterocycles. The Bertz CT molecular complexity index is 1020. The summed E-state index contributed by atoms with van der Waals surface area (Å²) in [5.74, 6) is -3.47. The average molecular weight is 411 g/mol. The number of carbonyl (C=O) groups is 1. The number of aryl methyl sites for hydroxylation is 1. The summed E-state index contributed by atoms with van der Waals surface area (Å²) in [5.41, 5.74) is -1.57. The van der Waals surface area contributed by atoms with Gasteiger partial charge in [0.2, 0.25) is 0 Å². The van der Waals surface area contributed by atoms with Gasteiger partial charge in [0, 0.05) is 11.5 Å². The summed E-state index contributed by atoms with van der Waals surface area (Å²) in [6.45, 7) is 0. The smallest absolute Gasteiger partial charge is 0.338 e. The third-order valence-corrected chi connectivity index (χ3v) is 4.09. The Labute approximate surface area is 147 Å². The third-order valence-electron chi connectivity index (χ3n) is 3.60. The van der Waals surface area contributed by atoms with Crippen LogP contribution in [0.4, 0.5) is 20.2 Å². The van der Waals surface area contributed by atoms with Crippen molar-refractivity contribution in [3.8, 4) is 0 Å². The van der Waals surface area contributed by atoms with Crippen LogP contribution in [0.1, 0.15) is 10.4 Å². The van der Waals surface area contributed by atoms with Crippen molar-refractivity contribution in [2.24, 2.45) is 12.3 Å². The van der Waals surface area contributed by atoms with Gasteiger partial charge >= 0.3 is 5.97 Å². The van der Waals surface area contributed by atoms with Crippen LogP contribution in [-0.4, -0.2) is 20.6 Å². The second kappa shape index (κ2) is 6.20. The minimum absolute atomic E-state index is 0.159. The largest absolute Gasteiger partial charge is 0.478 e. The van der Waals surface area contributed by atoms with Crippen molar-refractivity contribution in [1.82, 2.24) is 9.55 Å². The fraction of sp³-hybridized carbons (Fsp3) is 0.0667. The summed E-state index contributed by atoms with van der Waals surface area (Å²) < 4.78 is 30.9. The zero-order chi connectivity index (χ0) is 18.3. The van der Waals surface area contributed by atoms with Gasteiger partial charge in [-0.1, -0.05) is 15.9 Å². The summed E-state index contributed by atoms with van der Waals surface area (Å²) in [6, 6.07) is 4.78. The summed E-state index contributed by atoms with van der Waals surface area (Å²) in [5, 5.41) is 12.4. The van der Waals surface area contributed by atoms with Crippen molar-refractivity contribution >= 4 is 44.3 Å². The van der Waals surface area contributed by atoms with Gasteiger partial charge in [0.15, 0.2) is 5.82 Å². The highest BCUT2D eigenvalue weighted by Gasteiger charge is 2.28. The third kappa shape index (κ3) is 2.74. The first-order valence-corrected chi connectivity index (χ1v) is 7.59. The number of rotatable bonds is 4. The Balaban J connectivity index is 2.35. The molecule has 0 aliphatic rings. The van der Waals surface area contributed by atoms with Crippen molar-refractivity contribution < 1.29 is 18.7 Å². The Kier molecular flexibility index (Phi) is 4.21.